The fourth-order valence-corrected chi connectivity index (χ4v) is 9.13. The number of carboxylic acids is 8. The summed E-state index contributed by atoms with van der Waals surface area (Å²) in [5, 5.41) is 79.7. The molecule has 21 nitrogen and oxygen atoms in total. The Balaban J connectivity index is 1.96. The van der Waals surface area contributed by atoms with Crippen LogP contribution in [0.3, 0.4) is 0 Å². The van der Waals surface area contributed by atoms with E-state index in [2.05, 4.69) is 15.0 Å². The molecule has 0 radical (unpaired) electrons. The summed E-state index contributed by atoms with van der Waals surface area (Å²) in [6.45, 7) is -0.262. The summed E-state index contributed by atoms with van der Waals surface area (Å²) in [7, 11) is 0. The fourth-order valence-electron chi connectivity index (χ4n) is 9.13. The first-order chi connectivity index (χ1) is 29.2. The van der Waals surface area contributed by atoms with Crippen LogP contribution in [0.2, 0.25) is 0 Å². The first-order valence-corrected chi connectivity index (χ1v) is 19.5. The van der Waals surface area contributed by atoms with Crippen LogP contribution >= 0.6 is 0 Å². The van der Waals surface area contributed by atoms with Gasteiger partial charge in [0.15, 0.2) is 0 Å². The van der Waals surface area contributed by atoms with Crippen molar-refractivity contribution in [1.82, 2.24) is 19.9 Å². The van der Waals surface area contributed by atoms with E-state index >= 15 is 0 Å². The van der Waals surface area contributed by atoms with Crippen molar-refractivity contribution in [3.8, 4) is 0 Å². The summed E-state index contributed by atoms with van der Waals surface area (Å²) in [6, 6.07) is 0. The number of carbonyl (C=O) groups is 9. The smallest absolute Gasteiger partial charge is 0.307 e. The lowest BCUT2D eigenvalue weighted by atomic mass is 9.77. The quantitative estimate of drug-likeness (QED) is 0.0536. The number of nitrogens with zero attached hydrogens (tertiary/aromatic N) is 1. The molecule has 5 rings (SSSR count). The van der Waals surface area contributed by atoms with Crippen molar-refractivity contribution in [1.29, 1.82) is 0 Å². The maximum absolute atomic E-state index is 13.3. The second-order valence-corrected chi connectivity index (χ2v) is 15.5. The Morgan fingerprint density at radius 1 is 0.452 bits per heavy atom. The van der Waals surface area contributed by atoms with Crippen LogP contribution in [0.5, 0.6) is 0 Å². The van der Waals surface area contributed by atoms with Crippen molar-refractivity contribution < 1.29 is 84.0 Å². The summed E-state index contributed by atoms with van der Waals surface area (Å²) in [6.07, 6.45) is -6.26. The molecule has 62 heavy (non-hydrogen) atoms. The summed E-state index contributed by atoms with van der Waals surface area (Å²) in [4.78, 5) is 122. The third-order valence-electron chi connectivity index (χ3n) is 11.6. The highest BCUT2D eigenvalue weighted by molar-refractivity contribution is 5.77. The van der Waals surface area contributed by atoms with Crippen LogP contribution in [-0.4, -0.2) is 127 Å². The number of carbonyl (C=O) groups excluding carboxylic acids is 1. The number of amides is 1. The molecule has 0 saturated carbocycles. The zero-order valence-corrected chi connectivity index (χ0v) is 33.3. The largest absolute Gasteiger partial charge is 0.481 e. The van der Waals surface area contributed by atoms with Crippen molar-refractivity contribution in [2.24, 2.45) is 0 Å². The molecule has 0 aliphatic carbocycles. The number of nitrogens with one attached hydrogen (secondary N) is 3. The second kappa shape index (κ2) is 19.0. The molecule has 1 amide bonds. The standard InChI is InChI=1S/C41H46N4O17/c46-18-45-17-19(1-5-33(47)48)26(12-40(61)62)41(45)15-31-22(4-8-36(53)54)24(10-38(57)58)30(44-31)13-27-20(2-6-34(49)50)23(9-37(55)56)29(42-27)14-28-21(3-7-35(51)52)25(11-39(59)60)32(16-41)43-28/h18,42-44H,1-17H2,(H,47,48)(H,49,50)(H,51,52)(H,53,54)(H,55,56)(H,57,58)(H,59,60)(H,61,62). The van der Waals surface area contributed by atoms with Crippen LogP contribution in [0.1, 0.15) is 106 Å². The Kier molecular flexibility index (Phi) is 14.1. The number of hydrogen-bond acceptors (Lipinski definition) is 9. The van der Waals surface area contributed by atoms with Gasteiger partial charge in [0.1, 0.15) is 0 Å². The van der Waals surface area contributed by atoms with Crippen molar-refractivity contribution in [3.63, 3.8) is 0 Å². The van der Waals surface area contributed by atoms with Crippen molar-refractivity contribution in [3.05, 3.63) is 78.7 Å². The van der Waals surface area contributed by atoms with E-state index < -0.39 is 105 Å². The molecule has 332 valence electrons. The van der Waals surface area contributed by atoms with E-state index in [1.807, 2.05) is 0 Å². The molecule has 2 aliphatic heterocycles. The first kappa shape index (κ1) is 45.9. The monoisotopic (exact) mass is 866 g/mol. The van der Waals surface area contributed by atoms with Crippen molar-refractivity contribution >= 4 is 54.2 Å². The molecular weight excluding hydrogens is 820 g/mol. The molecule has 11 N–H and O–H groups in total. The molecule has 3 aromatic rings. The average Bonchev–Trinajstić information content (AvgIpc) is 3.83. The van der Waals surface area contributed by atoms with E-state index in [1.165, 1.54) is 4.90 Å². The number of fused-ring (bicyclic) bond motifs is 6. The van der Waals surface area contributed by atoms with Gasteiger partial charge in [0.2, 0.25) is 6.41 Å². The topological polar surface area (TPSA) is 366 Å². The Labute approximate surface area is 351 Å². The van der Waals surface area contributed by atoms with Crippen LogP contribution in [0.15, 0.2) is 11.1 Å². The number of H-pyrrole nitrogens is 3. The van der Waals surface area contributed by atoms with E-state index in [-0.39, 0.29) is 137 Å². The van der Waals surface area contributed by atoms with E-state index in [0.717, 1.165) is 0 Å². The number of aromatic nitrogens is 3. The number of aliphatic carboxylic acids is 8. The van der Waals surface area contributed by atoms with Gasteiger partial charge in [-0.1, -0.05) is 0 Å². The zero-order valence-electron chi connectivity index (χ0n) is 33.3. The Morgan fingerprint density at radius 2 is 0.774 bits per heavy atom. The minimum atomic E-state index is -1.77. The molecule has 6 bridgehead atoms. The predicted molar refractivity (Wildman–Crippen MR) is 209 cm³/mol. The molecule has 1 atom stereocenters. The van der Waals surface area contributed by atoms with Gasteiger partial charge < -0.3 is 60.7 Å². The van der Waals surface area contributed by atoms with Gasteiger partial charge in [-0.2, -0.15) is 0 Å². The van der Waals surface area contributed by atoms with Gasteiger partial charge in [0.25, 0.3) is 0 Å². The Morgan fingerprint density at radius 3 is 1.15 bits per heavy atom. The lowest BCUT2D eigenvalue weighted by molar-refractivity contribution is -0.138. The molecule has 0 fully saturated rings. The highest BCUT2D eigenvalue weighted by atomic mass is 16.4. The molecule has 0 saturated heterocycles. The van der Waals surface area contributed by atoms with Crippen LogP contribution in [0.25, 0.3) is 0 Å². The van der Waals surface area contributed by atoms with Gasteiger partial charge in [-0.05, 0) is 70.2 Å². The second-order valence-electron chi connectivity index (χ2n) is 15.5. The van der Waals surface area contributed by atoms with Gasteiger partial charge >= 0.3 is 47.8 Å². The number of hydrogen-bond donors (Lipinski definition) is 11. The van der Waals surface area contributed by atoms with E-state index in [1.54, 1.807) is 0 Å². The molecule has 0 aromatic carbocycles. The average molecular weight is 867 g/mol. The van der Waals surface area contributed by atoms with Gasteiger partial charge in [0.05, 0.1) is 31.2 Å². The van der Waals surface area contributed by atoms with Crippen LogP contribution < -0.4 is 0 Å². The number of aromatic amines is 3. The molecule has 21 heteroatoms. The van der Waals surface area contributed by atoms with Gasteiger partial charge in [-0.15, -0.1) is 0 Å². The van der Waals surface area contributed by atoms with E-state index in [9.17, 15) is 84.0 Å². The molecular formula is C41H46N4O17. The Hall–Kier alpha value is -7.19. The van der Waals surface area contributed by atoms with Crippen molar-refractivity contribution in [2.75, 3.05) is 6.54 Å². The highest BCUT2D eigenvalue weighted by Gasteiger charge is 2.49. The molecule has 2 aliphatic rings. The predicted octanol–water partition coefficient (Wildman–Crippen LogP) is 1.73. The normalized spacial score (nSPS) is 16.0. The fraction of sp³-hybridized carbons (Fsp3) is 0.439. The lowest BCUT2D eigenvalue weighted by Crippen LogP contribution is -2.50. The number of carboxylic acid groups (broad SMARTS) is 8. The first-order valence-electron chi connectivity index (χ1n) is 19.5. The van der Waals surface area contributed by atoms with Crippen LogP contribution in [-0.2, 0) is 107 Å². The van der Waals surface area contributed by atoms with E-state index in [0.29, 0.717) is 6.41 Å². The zero-order chi connectivity index (χ0) is 45.6. The summed E-state index contributed by atoms with van der Waals surface area (Å²) in [5.74, 6) is -10.3. The minimum absolute atomic E-state index is 0.0880. The molecule has 5 heterocycles. The third kappa shape index (κ3) is 10.4. The highest BCUT2D eigenvalue weighted by Crippen LogP contribution is 2.45. The summed E-state index contributed by atoms with van der Waals surface area (Å²) < 4.78 is 0. The minimum Gasteiger partial charge on any atom is -0.481 e. The SMILES string of the molecule is O=CN1CC(CCC(=O)O)=C(CC(=O)O)C12Cc1[nH]c(c(CC(=O)O)c1CCC(=O)O)Cc1[nH]c(c(CC(=O)O)c1CCC(=O)O)Cc1[nH]c(c(CC(=O)O)c1CCC(=O)O)C2. The van der Waals surface area contributed by atoms with Crippen molar-refractivity contribution in [2.45, 2.75) is 108 Å². The van der Waals surface area contributed by atoms with Crippen LogP contribution in [0.4, 0.5) is 0 Å². The molecule has 1 unspecified atom stereocenters. The summed E-state index contributed by atoms with van der Waals surface area (Å²) in [5.41, 5.74) is 0.973. The molecule has 3 aromatic heterocycles. The van der Waals surface area contributed by atoms with Gasteiger partial charge in [-0.25, -0.2) is 0 Å². The lowest BCUT2D eigenvalue weighted by Gasteiger charge is -2.39. The van der Waals surface area contributed by atoms with Gasteiger partial charge in [0, 0.05) is 92.1 Å². The summed E-state index contributed by atoms with van der Waals surface area (Å²) >= 11 is 0. The third-order valence-corrected chi connectivity index (χ3v) is 11.6. The van der Waals surface area contributed by atoms with Gasteiger partial charge in [-0.3, -0.25) is 43.2 Å². The van der Waals surface area contributed by atoms with E-state index in [4.69, 9.17) is 0 Å². The molecule has 1 spiro atoms. The number of rotatable bonds is 21. The maximum Gasteiger partial charge on any atom is 0.307 e. The maximum atomic E-state index is 13.3. The van der Waals surface area contributed by atoms with Crippen LogP contribution in [0, 0.1) is 0 Å². The Bertz CT molecular complexity index is 2380.